The quantitative estimate of drug-likeness (QED) is 0.706. The van der Waals surface area contributed by atoms with E-state index in [9.17, 15) is 9.59 Å². The third kappa shape index (κ3) is 4.54. The maximum absolute atomic E-state index is 13.0. The third-order valence-electron chi connectivity index (χ3n) is 5.08. The highest BCUT2D eigenvalue weighted by molar-refractivity contribution is 5.98. The summed E-state index contributed by atoms with van der Waals surface area (Å²) in [5.41, 5.74) is 3.03. The van der Waals surface area contributed by atoms with Crippen LogP contribution in [0, 0.1) is 0 Å². The van der Waals surface area contributed by atoms with Crippen molar-refractivity contribution in [1.29, 1.82) is 0 Å². The molecule has 0 aliphatic carbocycles. The summed E-state index contributed by atoms with van der Waals surface area (Å²) in [6.07, 6.45) is 1.56. The maximum atomic E-state index is 13.0. The first-order valence-corrected chi connectivity index (χ1v) is 9.94. The number of aryl methyl sites for hydroxylation is 1. The van der Waals surface area contributed by atoms with E-state index in [1.807, 2.05) is 65.6 Å². The number of rotatable bonds is 6. The lowest BCUT2D eigenvalue weighted by atomic mass is 10.1. The molecule has 0 fully saturated rings. The monoisotopic (exact) mass is 388 g/mol. The molecule has 148 valence electrons. The Kier molecular flexibility index (Phi) is 5.70. The Balaban J connectivity index is 1.42. The van der Waals surface area contributed by atoms with Crippen molar-refractivity contribution in [2.24, 2.45) is 0 Å². The van der Waals surface area contributed by atoms with Crippen molar-refractivity contribution in [3.8, 4) is 0 Å². The lowest BCUT2D eigenvalue weighted by Gasteiger charge is -2.20. The summed E-state index contributed by atoms with van der Waals surface area (Å²) < 4.78 is 1.67. The molecule has 2 amide bonds. The normalized spacial score (nSPS) is 13.7. The highest BCUT2D eigenvalue weighted by Gasteiger charge is 2.26. The lowest BCUT2D eigenvalue weighted by Crippen LogP contribution is -2.30. The molecule has 2 aromatic carbocycles. The minimum atomic E-state index is -0.246. The van der Waals surface area contributed by atoms with E-state index >= 15 is 0 Å². The standard InChI is InChI=1S/C23H24N4O2/c28-22(24-13-12-18-8-3-1-4-9-18)20-16-21-23(29)26(14-7-15-27(21)25-20)17-19-10-5-2-6-11-19/h1-6,8-11,16H,7,12-15,17H2,(H,24,28). The van der Waals surface area contributed by atoms with Crippen LogP contribution >= 0.6 is 0 Å². The van der Waals surface area contributed by atoms with Gasteiger partial charge in [0, 0.05) is 32.2 Å². The van der Waals surface area contributed by atoms with E-state index in [0.717, 1.165) is 18.4 Å². The van der Waals surface area contributed by atoms with Gasteiger partial charge in [-0.1, -0.05) is 60.7 Å². The van der Waals surface area contributed by atoms with Crippen molar-refractivity contribution >= 4 is 11.8 Å². The van der Waals surface area contributed by atoms with Crippen molar-refractivity contribution in [2.45, 2.75) is 25.9 Å². The Morgan fingerprint density at radius 1 is 0.966 bits per heavy atom. The van der Waals surface area contributed by atoms with Crippen LogP contribution in [0.3, 0.4) is 0 Å². The van der Waals surface area contributed by atoms with Gasteiger partial charge in [-0.3, -0.25) is 14.3 Å². The molecule has 4 rings (SSSR count). The summed E-state index contributed by atoms with van der Waals surface area (Å²) in [5, 5.41) is 7.28. The van der Waals surface area contributed by atoms with Gasteiger partial charge >= 0.3 is 0 Å². The SMILES string of the molecule is O=C(NCCc1ccccc1)c1cc2n(n1)CCCN(Cc1ccccc1)C2=O. The average molecular weight is 388 g/mol. The second-order valence-corrected chi connectivity index (χ2v) is 7.20. The minimum Gasteiger partial charge on any atom is -0.350 e. The molecule has 0 saturated heterocycles. The number of aromatic nitrogens is 2. The second-order valence-electron chi connectivity index (χ2n) is 7.20. The van der Waals surface area contributed by atoms with Gasteiger partial charge in [0.2, 0.25) is 0 Å². The van der Waals surface area contributed by atoms with Gasteiger partial charge in [0.15, 0.2) is 5.69 Å². The third-order valence-corrected chi connectivity index (χ3v) is 5.08. The predicted octanol–water partition coefficient (Wildman–Crippen LogP) is 2.90. The van der Waals surface area contributed by atoms with Crippen LogP contribution in [0.1, 0.15) is 38.5 Å². The van der Waals surface area contributed by atoms with Crippen molar-refractivity contribution in [2.75, 3.05) is 13.1 Å². The number of hydrogen-bond donors (Lipinski definition) is 1. The van der Waals surface area contributed by atoms with Crippen LogP contribution < -0.4 is 5.32 Å². The molecule has 1 aliphatic rings. The molecule has 0 spiro atoms. The Morgan fingerprint density at radius 2 is 1.66 bits per heavy atom. The zero-order valence-electron chi connectivity index (χ0n) is 16.3. The van der Waals surface area contributed by atoms with E-state index in [1.54, 1.807) is 10.7 Å². The summed E-state index contributed by atoms with van der Waals surface area (Å²) in [7, 11) is 0. The Hall–Kier alpha value is -3.41. The van der Waals surface area contributed by atoms with Crippen molar-refractivity contribution < 1.29 is 9.59 Å². The van der Waals surface area contributed by atoms with Crippen molar-refractivity contribution in [1.82, 2.24) is 20.0 Å². The molecule has 3 aromatic rings. The van der Waals surface area contributed by atoms with Gasteiger partial charge < -0.3 is 10.2 Å². The van der Waals surface area contributed by atoms with Crippen LogP contribution in [-0.4, -0.2) is 39.6 Å². The minimum absolute atomic E-state index is 0.0813. The van der Waals surface area contributed by atoms with E-state index in [2.05, 4.69) is 10.4 Å². The number of hydrogen-bond acceptors (Lipinski definition) is 3. The molecule has 2 heterocycles. The summed E-state index contributed by atoms with van der Waals surface area (Å²) in [5.74, 6) is -0.328. The fourth-order valence-corrected chi connectivity index (χ4v) is 3.56. The molecule has 29 heavy (non-hydrogen) atoms. The fraction of sp³-hybridized carbons (Fsp3) is 0.261. The van der Waals surface area contributed by atoms with Gasteiger partial charge in [-0.2, -0.15) is 5.10 Å². The molecule has 0 saturated carbocycles. The number of amides is 2. The molecule has 1 N–H and O–H groups in total. The molecule has 0 bridgehead atoms. The summed E-state index contributed by atoms with van der Waals surface area (Å²) >= 11 is 0. The van der Waals surface area contributed by atoms with Crippen molar-refractivity contribution in [3.05, 3.63) is 89.2 Å². The Morgan fingerprint density at radius 3 is 2.38 bits per heavy atom. The summed E-state index contributed by atoms with van der Waals surface area (Å²) in [6.45, 7) is 2.39. The highest BCUT2D eigenvalue weighted by Crippen LogP contribution is 2.16. The largest absolute Gasteiger partial charge is 0.350 e. The first-order valence-electron chi connectivity index (χ1n) is 9.94. The average Bonchev–Trinajstić information content (AvgIpc) is 3.12. The first-order chi connectivity index (χ1) is 14.2. The number of fused-ring (bicyclic) bond motifs is 1. The molecule has 1 aliphatic heterocycles. The second kappa shape index (κ2) is 8.73. The highest BCUT2D eigenvalue weighted by atomic mass is 16.2. The van der Waals surface area contributed by atoms with Gasteiger partial charge in [-0.25, -0.2) is 0 Å². The summed E-state index contributed by atoms with van der Waals surface area (Å²) in [4.78, 5) is 27.3. The molecule has 6 nitrogen and oxygen atoms in total. The lowest BCUT2D eigenvalue weighted by molar-refractivity contribution is 0.0745. The maximum Gasteiger partial charge on any atom is 0.272 e. The van der Waals surface area contributed by atoms with Gasteiger partial charge in [-0.05, 0) is 24.0 Å². The Labute approximate surface area is 170 Å². The number of carbonyl (C=O) groups excluding carboxylic acids is 2. The van der Waals surface area contributed by atoms with Gasteiger partial charge in [0.05, 0.1) is 0 Å². The fourth-order valence-electron chi connectivity index (χ4n) is 3.56. The van der Waals surface area contributed by atoms with E-state index in [1.165, 1.54) is 5.56 Å². The van der Waals surface area contributed by atoms with E-state index in [-0.39, 0.29) is 11.8 Å². The van der Waals surface area contributed by atoms with Crippen LogP contribution in [-0.2, 0) is 19.5 Å². The zero-order chi connectivity index (χ0) is 20.1. The molecule has 0 radical (unpaired) electrons. The molecular formula is C23H24N4O2. The predicted molar refractivity (Wildman–Crippen MR) is 111 cm³/mol. The van der Waals surface area contributed by atoms with Gasteiger partial charge in [0.25, 0.3) is 11.8 Å². The van der Waals surface area contributed by atoms with Crippen molar-refractivity contribution in [3.63, 3.8) is 0 Å². The molecule has 1 aromatic heterocycles. The number of nitrogens with one attached hydrogen (secondary N) is 1. The van der Waals surface area contributed by atoms with Crippen LogP contribution in [0.5, 0.6) is 0 Å². The number of benzene rings is 2. The zero-order valence-corrected chi connectivity index (χ0v) is 16.3. The molecule has 6 heteroatoms. The van der Waals surface area contributed by atoms with E-state index in [4.69, 9.17) is 0 Å². The topological polar surface area (TPSA) is 67.2 Å². The van der Waals surface area contributed by atoms with Gasteiger partial charge in [-0.15, -0.1) is 0 Å². The van der Waals surface area contributed by atoms with E-state index < -0.39 is 0 Å². The van der Waals surface area contributed by atoms with Crippen LogP contribution in [0.4, 0.5) is 0 Å². The number of nitrogens with zero attached hydrogens (tertiary/aromatic N) is 3. The van der Waals surface area contributed by atoms with Crippen LogP contribution in [0.25, 0.3) is 0 Å². The molecular weight excluding hydrogens is 364 g/mol. The van der Waals surface area contributed by atoms with Crippen LogP contribution in [0.15, 0.2) is 66.7 Å². The summed E-state index contributed by atoms with van der Waals surface area (Å²) in [6, 6.07) is 21.6. The van der Waals surface area contributed by atoms with Gasteiger partial charge in [0.1, 0.15) is 5.69 Å². The molecule has 0 unspecified atom stereocenters. The smallest absolute Gasteiger partial charge is 0.272 e. The molecule has 0 atom stereocenters. The van der Waals surface area contributed by atoms with E-state index in [0.29, 0.717) is 37.6 Å². The first kappa shape index (κ1) is 18.9. The van der Waals surface area contributed by atoms with Crippen LogP contribution in [0.2, 0.25) is 0 Å². The number of carbonyl (C=O) groups is 2. The Bertz CT molecular complexity index is 983.